The van der Waals surface area contributed by atoms with Crippen molar-refractivity contribution in [2.24, 2.45) is 11.1 Å². The zero-order valence-corrected chi connectivity index (χ0v) is 16.9. The van der Waals surface area contributed by atoms with Gasteiger partial charge in [0, 0.05) is 24.7 Å². The van der Waals surface area contributed by atoms with Gasteiger partial charge in [0.05, 0.1) is 19.9 Å². The summed E-state index contributed by atoms with van der Waals surface area (Å²) >= 11 is 0. The molecule has 0 radical (unpaired) electrons. The summed E-state index contributed by atoms with van der Waals surface area (Å²) in [6.45, 7) is 5.49. The third kappa shape index (κ3) is 4.20. The fraction of sp³-hybridized carbons (Fsp3) is 0.474. The van der Waals surface area contributed by atoms with E-state index >= 15 is 0 Å². The molecule has 2 aromatic rings. The van der Waals surface area contributed by atoms with Crippen LogP contribution in [0.4, 0.5) is 0 Å². The Labute approximate surface area is 165 Å². The van der Waals surface area contributed by atoms with Crippen molar-refractivity contribution in [3.8, 4) is 22.8 Å². The van der Waals surface area contributed by atoms with Crippen molar-refractivity contribution >= 4 is 18.3 Å². The third-order valence-electron chi connectivity index (χ3n) is 5.09. The van der Waals surface area contributed by atoms with Gasteiger partial charge >= 0.3 is 0 Å². The van der Waals surface area contributed by atoms with Crippen LogP contribution in [0.25, 0.3) is 11.3 Å². The number of likely N-dealkylation sites (tertiary alicyclic amines) is 1. The van der Waals surface area contributed by atoms with E-state index < -0.39 is 0 Å². The number of hydrogen-bond acceptors (Lipinski definition) is 5. The first-order valence-electron chi connectivity index (χ1n) is 8.68. The van der Waals surface area contributed by atoms with Gasteiger partial charge in [0.2, 0.25) is 0 Å². The van der Waals surface area contributed by atoms with Gasteiger partial charge in [0.1, 0.15) is 5.69 Å². The molecule has 0 bridgehead atoms. The molecule has 1 fully saturated rings. The predicted molar refractivity (Wildman–Crippen MR) is 107 cm³/mol. The number of carbonyl (C=O) groups excluding carboxylic acids is 1. The monoisotopic (exact) mass is 394 g/mol. The molecule has 148 valence electrons. The number of rotatable bonds is 4. The predicted octanol–water partition coefficient (Wildman–Crippen LogP) is 2.72. The van der Waals surface area contributed by atoms with Gasteiger partial charge in [-0.1, -0.05) is 13.8 Å². The van der Waals surface area contributed by atoms with Crippen LogP contribution in [0.5, 0.6) is 11.5 Å². The number of amides is 1. The Morgan fingerprint density at radius 1 is 1.26 bits per heavy atom. The van der Waals surface area contributed by atoms with Crippen molar-refractivity contribution in [2.75, 3.05) is 27.3 Å². The van der Waals surface area contributed by atoms with E-state index in [1.54, 1.807) is 20.3 Å². The van der Waals surface area contributed by atoms with E-state index in [-0.39, 0.29) is 29.8 Å². The molecule has 1 unspecified atom stereocenters. The Hall–Kier alpha value is -2.25. The van der Waals surface area contributed by atoms with Gasteiger partial charge in [-0.2, -0.15) is 5.10 Å². The number of aromatic nitrogens is 2. The number of carbonyl (C=O) groups is 1. The summed E-state index contributed by atoms with van der Waals surface area (Å²) in [5.74, 6) is 1.21. The largest absolute Gasteiger partial charge is 0.493 e. The Kier molecular flexibility index (Phi) is 6.38. The Balaban J connectivity index is 0.00000261. The van der Waals surface area contributed by atoms with E-state index in [0.29, 0.717) is 36.0 Å². The number of aromatic amines is 1. The standard InChI is InChI=1S/C19H26N4O3.ClH/c1-19(2)11-23(8-7-17(19)20)18(24)14-10-13(21-22-14)12-5-6-15(25-3)16(9-12)26-4;/h5-6,9-10,17H,7-8,11,20H2,1-4H3,(H,21,22);1H. The lowest BCUT2D eigenvalue weighted by Gasteiger charge is -2.42. The lowest BCUT2D eigenvalue weighted by molar-refractivity contribution is 0.0527. The number of benzene rings is 1. The second kappa shape index (κ2) is 8.19. The van der Waals surface area contributed by atoms with Crippen molar-refractivity contribution in [1.82, 2.24) is 15.1 Å². The average molecular weight is 395 g/mol. The molecule has 1 aliphatic rings. The number of nitrogens with zero attached hydrogens (tertiary/aromatic N) is 2. The molecule has 1 aromatic heterocycles. The molecular formula is C19H27ClN4O3. The molecule has 1 amide bonds. The van der Waals surface area contributed by atoms with Gasteiger partial charge < -0.3 is 20.1 Å². The summed E-state index contributed by atoms with van der Waals surface area (Å²) < 4.78 is 10.6. The first-order valence-corrected chi connectivity index (χ1v) is 8.68. The summed E-state index contributed by atoms with van der Waals surface area (Å²) in [5.41, 5.74) is 8.07. The normalized spacial score (nSPS) is 18.6. The minimum absolute atomic E-state index is 0. The van der Waals surface area contributed by atoms with Gasteiger partial charge in [-0.25, -0.2) is 0 Å². The van der Waals surface area contributed by atoms with E-state index in [0.717, 1.165) is 12.0 Å². The highest BCUT2D eigenvalue weighted by Crippen LogP contribution is 2.32. The van der Waals surface area contributed by atoms with Crippen LogP contribution in [-0.2, 0) is 0 Å². The van der Waals surface area contributed by atoms with Gasteiger partial charge in [0.15, 0.2) is 11.5 Å². The molecule has 2 heterocycles. The van der Waals surface area contributed by atoms with Gasteiger partial charge in [-0.05, 0) is 36.1 Å². The fourth-order valence-electron chi connectivity index (χ4n) is 3.29. The van der Waals surface area contributed by atoms with Crippen LogP contribution < -0.4 is 15.2 Å². The molecule has 7 nitrogen and oxygen atoms in total. The summed E-state index contributed by atoms with van der Waals surface area (Å²) in [6.07, 6.45) is 0.801. The zero-order chi connectivity index (χ0) is 18.9. The highest BCUT2D eigenvalue weighted by atomic mass is 35.5. The lowest BCUT2D eigenvalue weighted by atomic mass is 9.79. The minimum atomic E-state index is -0.0971. The fourth-order valence-corrected chi connectivity index (χ4v) is 3.29. The molecule has 27 heavy (non-hydrogen) atoms. The van der Waals surface area contributed by atoms with Gasteiger partial charge in [0.25, 0.3) is 5.91 Å². The SMILES string of the molecule is COc1ccc(-c2cc(C(=O)N3CCC(N)C(C)(C)C3)[nH]n2)cc1OC.Cl. The maximum Gasteiger partial charge on any atom is 0.271 e. The van der Waals surface area contributed by atoms with Crippen molar-refractivity contribution in [2.45, 2.75) is 26.3 Å². The van der Waals surface area contributed by atoms with E-state index in [4.69, 9.17) is 15.2 Å². The van der Waals surface area contributed by atoms with Crippen molar-refractivity contribution in [1.29, 1.82) is 0 Å². The molecule has 3 rings (SSSR count). The summed E-state index contributed by atoms with van der Waals surface area (Å²) in [7, 11) is 3.18. The van der Waals surface area contributed by atoms with E-state index in [9.17, 15) is 4.79 Å². The number of hydrogen-bond donors (Lipinski definition) is 2. The van der Waals surface area contributed by atoms with Crippen LogP contribution in [0.3, 0.4) is 0 Å². The zero-order valence-electron chi connectivity index (χ0n) is 16.1. The molecule has 1 aromatic carbocycles. The Morgan fingerprint density at radius 2 is 1.96 bits per heavy atom. The van der Waals surface area contributed by atoms with Crippen LogP contribution in [0.1, 0.15) is 30.8 Å². The molecule has 0 aliphatic carbocycles. The maximum atomic E-state index is 12.8. The second-order valence-corrected chi connectivity index (χ2v) is 7.35. The third-order valence-corrected chi connectivity index (χ3v) is 5.09. The topological polar surface area (TPSA) is 93.5 Å². The number of halogens is 1. The van der Waals surface area contributed by atoms with Crippen molar-refractivity contribution in [3.05, 3.63) is 30.0 Å². The van der Waals surface area contributed by atoms with E-state index in [2.05, 4.69) is 24.0 Å². The van der Waals surface area contributed by atoms with Crippen LogP contribution in [0, 0.1) is 5.41 Å². The Morgan fingerprint density at radius 3 is 2.59 bits per heavy atom. The van der Waals surface area contributed by atoms with Crippen LogP contribution in [-0.4, -0.2) is 54.4 Å². The molecule has 0 spiro atoms. The maximum absolute atomic E-state index is 12.8. The van der Waals surface area contributed by atoms with Crippen LogP contribution >= 0.6 is 12.4 Å². The van der Waals surface area contributed by atoms with Crippen LogP contribution in [0.15, 0.2) is 24.3 Å². The molecule has 0 saturated carbocycles. The Bertz CT molecular complexity index is 806. The molecule has 1 atom stereocenters. The van der Waals surface area contributed by atoms with Crippen molar-refractivity contribution in [3.63, 3.8) is 0 Å². The van der Waals surface area contributed by atoms with E-state index in [1.807, 2.05) is 23.1 Å². The molecule has 1 saturated heterocycles. The highest BCUT2D eigenvalue weighted by molar-refractivity contribution is 5.93. The summed E-state index contributed by atoms with van der Waals surface area (Å²) in [6, 6.07) is 7.42. The van der Waals surface area contributed by atoms with Gasteiger partial charge in [-0.15, -0.1) is 12.4 Å². The molecule has 1 aliphatic heterocycles. The number of ether oxygens (including phenoxy) is 2. The molecular weight excluding hydrogens is 368 g/mol. The molecule has 3 N–H and O–H groups in total. The smallest absolute Gasteiger partial charge is 0.271 e. The highest BCUT2D eigenvalue weighted by Gasteiger charge is 2.36. The second-order valence-electron chi connectivity index (χ2n) is 7.35. The van der Waals surface area contributed by atoms with Gasteiger partial charge in [-0.3, -0.25) is 9.89 Å². The number of piperidine rings is 1. The first-order chi connectivity index (χ1) is 12.4. The number of methoxy groups -OCH3 is 2. The minimum Gasteiger partial charge on any atom is -0.493 e. The lowest BCUT2D eigenvalue weighted by Crippen LogP contribution is -2.54. The number of nitrogens with one attached hydrogen (secondary N) is 1. The summed E-state index contributed by atoms with van der Waals surface area (Å²) in [4.78, 5) is 14.7. The number of nitrogens with two attached hydrogens (primary N) is 1. The van der Waals surface area contributed by atoms with E-state index in [1.165, 1.54) is 0 Å². The summed E-state index contributed by atoms with van der Waals surface area (Å²) in [5, 5.41) is 7.15. The number of H-pyrrole nitrogens is 1. The van der Waals surface area contributed by atoms with Crippen LogP contribution in [0.2, 0.25) is 0 Å². The molecule has 8 heteroatoms. The first kappa shape index (κ1) is 21.1. The quantitative estimate of drug-likeness (QED) is 0.831. The van der Waals surface area contributed by atoms with Crippen molar-refractivity contribution < 1.29 is 14.3 Å². The average Bonchev–Trinajstić information content (AvgIpc) is 3.12.